The topological polar surface area (TPSA) is 47.4 Å². The van der Waals surface area contributed by atoms with Crippen LogP contribution in [0.25, 0.3) is 26.0 Å². The van der Waals surface area contributed by atoms with Crippen molar-refractivity contribution >= 4 is 43.0 Å². The molecule has 4 rings (SSSR count). The number of fused-ring (bicyclic) bond motifs is 3. The second kappa shape index (κ2) is 6.66. The number of halogens is 1. The molecule has 0 atom stereocenters. The van der Waals surface area contributed by atoms with E-state index >= 15 is 0 Å². The fourth-order valence-corrected chi connectivity index (χ4v) is 4.33. The normalized spacial score (nSPS) is 14.6. The number of aromatic nitrogens is 2. The lowest BCUT2D eigenvalue weighted by Gasteiger charge is -2.13. The number of hydrogen-bond acceptors (Lipinski definition) is 5. The Kier molecular flexibility index (Phi) is 4.31. The maximum Gasteiger partial charge on any atom is 0.273 e. The molecule has 7 heteroatoms. The molecule has 5 nitrogen and oxygen atoms in total. The molecule has 1 aliphatic rings. The highest BCUT2D eigenvalue weighted by molar-refractivity contribution is 7.25. The smallest absolute Gasteiger partial charge is 0.273 e. The minimum absolute atomic E-state index is 0.178. The summed E-state index contributed by atoms with van der Waals surface area (Å²) < 4.78 is 21.4. The van der Waals surface area contributed by atoms with E-state index in [0.717, 1.165) is 21.3 Å². The van der Waals surface area contributed by atoms with Crippen molar-refractivity contribution in [1.82, 2.24) is 9.55 Å². The first kappa shape index (κ1) is 17.5. The van der Waals surface area contributed by atoms with Gasteiger partial charge in [-0.25, -0.2) is 9.37 Å². The first-order chi connectivity index (χ1) is 13.0. The van der Waals surface area contributed by atoms with Gasteiger partial charge in [0.05, 0.1) is 7.11 Å². The lowest BCUT2D eigenvalue weighted by Crippen LogP contribution is -2.17. The van der Waals surface area contributed by atoms with Gasteiger partial charge in [0.1, 0.15) is 9.53 Å². The molecule has 0 unspecified atom stereocenters. The van der Waals surface area contributed by atoms with Crippen LogP contribution < -0.4 is 10.5 Å². The number of rotatable bonds is 3. The molecule has 0 saturated carbocycles. The summed E-state index contributed by atoms with van der Waals surface area (Å²) in [5.74, 6) is -0.321. The Bertz CT molecular complexity index is 1200. The van der Waals surface area contributed by atoms with E-state index in [1.165, 1.54) is 29.1 Å². The molecule has 3 heterocycles. The lowest BCUT2D eigenvalue weighted by molar-refractivity contribution is 0.282. The van der Waals surface area contributed by atoms with E-state index in [4.69, 9.17) is 4.74 Å². The predicted molar refractivity (Wildman–Crippen MR) is 109 cm³/mol. The van der Waals surface area contributed by atoms with Gasteiger partial charge >= 0.3 is 0 Å². The van der Waals surface area contributed by atoms with Gasteiger partial charge in [0, 0.05) is 54.7 Å². The highest BCUT2D eigenvalue weighted by atomic mass is 32.1. The van der Waals surface area contributed by atoms with E-state index in [2.05, 4.69) is 4.98 Å². The molecule has 3 aromatic heterocycles. The standard InChI is InChI=1S/C20H18FN3O2S/c1-23(2)15-7-9-22-19-17(15)13-8-10-24(20(25)18(13)27-19)12-5-4-6-16(26-3)14(21)11-12/h5-11H,4H2,1-3H3. The summed E-state index contributed by atoms with van der Waals surface area (Å²) in [6.45, 7) is 0. The third-order valence-electron chi connectivity index (χ3n) is 4.53. The van der Waals surface area contributed by atoms with Crippen LogP contribution in [0.1, 0.15) is 6.42 Å². The molecule has 0 spiro atoms. The predicted octanol–water partition coefficient (Wildman–Crippen LogP) is 4.31. The zero-order chi connectivity index (χ0) is 19.1. The highest BCUT2D eigenvalue weighted by Gasteiger charge is 2.17. The fraction of sp³-hybridized carbons (Fsp3) is 0.200. The number of thiophene rings is 1. The molecule has 0 amide bonds. The van der Waals surface area contributed by atoms with Crippen LogP contribution in [0.5, 0.6) is 0 Å². The Labute approximate surface area is 159 Å². The van der Waals surface area contributed by atoms with E-state index in [1.54, 1.807) is 24.5 Å². The Morgan fingerprint density at radius 1 is 1.30 bits per heavy atom. The lowest BCUT2D eigenvalue weighted by atomic mass is 10.2. The van der Waals surface area contributed by atoms with E-state index in [0.29, 0.717) is 16.8 Å². The third-order valence-corrected chi connectivity index (χ3v) is 5.63. The molecule has 138 valence electrons. The quantitative estimate of drug-likeness (QED) is 0.676. The van der Waals surface area contributed by atoms with Crippen molar-refractivity contribution < 1.29 is 9.13 Å². The first-order valence-electron chi connectivity index (χ1n) is 8.43. The van der Waals surface area contributed by atoms with Crippen LogP contribution in [0.3, 0.4) is 0 Å². The molecular formula is C20H18FN3O2S. The number of pyridine rings is 2. The summed E-state index contributed by atoms with van der Waals surface area (Å²) in [6, 6.07) is 3.83. The van der Waals surface area contributed by atoms with E-state index < -0.39 is 5.83 Å². The van der Waals surface area contributed by atoms with E-state index in [9.17, 15) is 9.18 Å². The fourth-order valence-electron chi connectivity index (χ4n) is 3.24. The van der Waals surface area contributed by atoms with Crippen molar-refractivity contribution in [2.24, 2.45) is 0 Å². The maximum atomic E-state index is 14.3. The molecular weight excluding hydrogens is 365 g/mol. The number of methoxy groups -OCH3 is 1. The van der Waals surface area contributed by atoms with E-state index in [1.807, 2.05) is 31.1 Å². The minimum atomic E-state index is -0.499. The molecule has 0 saturated heterocycles. The van der Waals surface area contributed by atoms with Crippen LogP contribution in [0.4, 0.5) is 10.1 Å². The Morgan fingerprint density at radius 2 is 2.11 bits per heavy atom. The summed E-state index contributed by atoms with van der Waals surface area (Å²) in [5.41, 5.74) is 1.31. The number of nitrogens with zero attached hydrogens (tertiary/aromatic N) is 3. The largest absolute Gasteiger partial charge is 0.494 e. The molecule has 0 aliphatic heterocycles. The van der Waals surface area contributed by atoms with Crippen molar-refractivity contribution in [3.05, 3.63) is 64.7 Å². The molecule has 3 aromatic rings. The van der Waals surface area contributed by atoms with Gasteiger partial charge in [0.25, 0.3) is 5.56 Å². The number of hydrogen-bond donors (Lipinski definition) is 0. The molecule has 0 bridgehead atoms. The van der Waals surface area contributed by atoms with Crippen LogP contribution in [0.2, 0.25) is 0 Å². The van der Waals surface area contributed by atoms with Crippen molar-refractivity contribution in [3.8, 4) is 0 Å². The van der Waals surface area contributed by atoms with Crippen LogP contribution in [0.15, 0.2) is 59.1 Å². The first-order valence-corrected chi connectivity index (χ1v) is 9.25. The maximum absolute atomic E-state index is 14.3. The highest BCUT2D eigenvalue weighted by Crippen LogP contribution is 2.36. The molecule has 0 radical (unpaired) electrons. The van der Waals surface area contributed by atoms with Crippen LogP contribution in [-0.4, -0.2) is 30.8 Å². The Morgan fingerprint density at radius 3 is 2.85 bits per heavy atom. The summed E-state index contributed by atoms with van der Waals surface area (Å²) in [6.07, 6.45) is 8.69. The van der Waals surface area contributed by atoms with Gasteiger partial charge in [-0.05, 0) is 24.6 Å². The Balaban J connectivity index is 1.93. The monoisotopic (exact) mass is 383 g/mol. The van der Waals surface area contributed by atoms with Crippen LogP contribution in [-0.2, 0) is 4.74 Å². The van der Waals surface area contributed by atoms with Gasteiger partial charge in [0.15, 0.2) is 11.6 Å². The molecule has 0 N–H and O–H groups in total. The van der Waals surface area contributed by atoms with Crippen LogP contribution in [0, 0.1) is 0 Å². The van der Waals surface area contributed by atoms with Crippen molar-refractivity contribution in [2.75, 3.05) is 26.1 Å². The molecule has 0 fully saturated rings. The average Bonchev–Trinajstić information content (AvgIpc) is 2.93. The number of anilines is 1. The van der Waals surface area contributed by atoms with Gasteiger partial charge < -0.3 is 9.64 Å². The van der Waals surface area contributed by atoms with Crippen molar-refractivity contribution in [1.29, 1.82) is 0 Å². The molecule has 0 aromatic carbocycles. The van der Waals surface area contributed by atoms with Crippen molar-refractivity contribution in [3.63, 3.8) is 0 Å². The summed E-state index contributed by atoms with van der Waals surface area (Å²) in [4.78, 5) is 20.4. The summed E-state index contributed by atoms with van der Waals surface area (Å²) >= 11 is 1.36. The zero-order valence-electron chi connectivity index (χ0n) is 15.2. The van der Waals surface area contributed by atoms with E-state index in [-0.39, 0.29) is 11.3 Å². The summed E-state index contributed by atoms with van der Waals surface area (Å²) in [5, 5.41) is 1.83. The average molecular weight is 383 g/mol. The Hall–Kier alpha value is -2.93. The number of allylic oxidation sites excluding steroid dienone is 5. The SMILES string of the molecule is COC1=CCC=C(n2ccc3c(sc4nccc(N(C)C)c43)c2=O)C=C1F. The van der Waals surface area contributed by atoms with Gasteiger partial charge in [-0.15, -0.1) is 11.3 Å². The molecule has 1 aliphatic carbocycles. The van der Waals surface area contributed by atoms with Gasteiger partial charge in [0.2, 0.25) is 0 Å². The van der Waals surface area contributed by atoms with Gasteiger partial charge in [-0.3, -0.25) is 9.36 Å². The van der Waals surface area contributed by atoms with Crippen LogP contribution >= 0.6 is 11.3 Å². The summed E-state index contributed by atoms with van der Waals surface area (Å²) in [7, 11) is 5.35. The second-order valence-electron chi connectivity index (χ2n) is 6.37. The second-order valence-corrected chi connectivity index (χ2v) is 7.37. The molecule has 27 heavy (non-hydrogen) atoms. The van der Waals surface area contributed by atoms with Gasteiger partial charge in [-0.1, -0.05) is 6.08 Å². The third kappa shape index (κ3) is 2.84. The van der Waals surface area contributed by atoms with Gasteiger partial charge in [-0.2, -0.15) is 0 Å². The zero-order valence-corrected chi connectivity index (χ0v) is 16.0. The van der Waals surface area contributed by atoms with Crippen molar-refractivity contribution in [2.45, 2.75) is 6.42 Å². The number of ether oxygens (including phenoxy) is 1. The minimum Gasteiger partial charge on any atom is -0.494 e.